The Morgan fingerprint density at radius 2 is 1.97 bits per heavy atom. The molecule has 0 saturated carbocycles. The van der Waals surface area contributed by atoms with Gasteiger partial charge in [-0.3, -0.25) is 19.3 Å². The zero-order valence-corrected chi connectivity index (χ0v) is 19.4. The molecule has 0 N–H and O–H groups in total. The van der Waals surface area contributed by atoms with Gasteiger partial charge in [0.1, 0.15) is 17.5 Å². The molecule has 3 heterocycles. The molecule has 0 bridgehead atoms. The number of hydrogen-bond donors (Lipinski definition) is 0. The molecular formula is C26H29FN2O5. The van der Waals surface area contributed by atoms with Crippen LogP contribution in [0.25, 0.3) is 0 Å². The van der Waals surface area contributed by atoms with Gasteiger partial charge in [0, 0.05) is 11.8 Å². The minimum atomic E-state index is -1.03. The summed E-state index contributed by atoms with van der Waals surface area (Å²) < 4.78 is 24.8. The molecular weight excluding hydrogens is 439 g/mol. The minimum Gasteiger partial charge on any atom is -0.467 e. The molecule has 2 unspecified atom stereocenters. The van der Waals surface area contributed by atoms with Crippen LogP contribution in [0.15, 0.2) is 58.9 Å². The molecule has 1 aromatic heterocycles. The first-order chi connectivity index (χ1) is 16.4. The second kappa shape index (κ2) is 10.3. The monoisotopic (exact) mass is 468 g/mol. The number of ether oxygens (including phenoxy) is 1. The minimum absolute atomic E-state index is 0.207. The van der Waals surface area contributed by atoms with Crippen LogP contribution in [0.2, 0.25) is 0 Å². The highest BCUT2D eigenvalue weighted by atomic mass is 19.1. The molecule has 8 heteroatoms. The topological polar surface area (TPSA) is 80.1 Å². The molecule has 0 aliphatic carbocycles. The summed E-state index contributed by atoms with van der Waals surface area (Å²) >= 11 is 0. The molecule has 34 heavy (non-hydrogen) atoms. The summed E-state index contributed by atoms with van der Waals surface area (Å²) in [4.78, 5) is 42.7. The van der Waals surface area contributed by atoms with Gasteiger partial charge in [-0.2, -0.15) is 0 Å². The lowest BCUT2D eigenvalue weighted by molar-refractivity contribution is -0.151. The van der Waals surface area contributed by atoms with Crippen LogP contribution in [0.4, 0.5) is 4.39 Å². The van der Waals surface area contributed by atoms with Gasteiger partial charge in [0.15, 0.2) is 5.78 Å². The first-order valence-corrected chi connectivity index (χ1v) is 11.6. The third-order valence-corrected chi connectivity index (χ3v) is 6.56. The average Bonchev–Trinajstić information content (AvgIpc) is 3.33. The van der Waals surface area contributed by atoms with Crippen LogP contribution < -0.4 is 0 Å². The molecule has 1 fully saturated rings. The van der Waals surface area contributed by atoms with Gasteiger partial charge in [-0.15, -0.1) is 0 Å². The Morgan fingerprint density at radius 3 is 2.62 bits per heavy atom. The van der Waals surface area contributed by atoms with Crippen LogP contribution >= 0.6 is 0 Å². The zero-order valence-electron chi connectivity index (χ0n) is 19.4. The lowest BCUT2D eigenvalue weighted by atomic mass is 9.83. The number of hydrogen-bond acceptors (Lipinski definition) is 6. The Balaban J connectivity index is 1.64. The maximum atomic E-state index is 14.2. The van der Waals surface area contributed by atoms with Gasteiger partial charge in [0.25, 0.3) is 0 Å². The Labute approximate surface area is 198 Å². The van der Waals surface area contributed by atoms with E-state index in [1.807, 2.05) is 4.90 Å². The van der Waals surface area contributed by atoms with Crippen molar-refractivity contribution in [3.8, 4) is 0 Å². The summed E-state index contributed by atoms with van der Waals surface area (Å²) in [5.74, 6) is -1.95. The van der Waals surface area contributed by atoms with E-state index in [-0.39, 0.29) is 30.1 Å². The number of amides is 1. The van der Waals surface area contributed by atoms with Gasteiger partial charge in [0.2, 0.25) is 5.91 Å². The quantitative estimate of drug-likeness (QED) is 0.453. The van der Waals surface area contributed by atoms with Crippen LogP contribution in [0.5, 0.6) is 0 Å². The van der Waals surface area contributed by atoms with Gasteiger partial charge in [0.05, 0.1) is 31.4 Å². The van der Waals surface area contributed by atoms with E-state index in [0.29, 0.717) is 49.6 Å². The fraction of sp³-hybridized carbons (Fsp3) is 0.423. The third kappa shape index (κ3) is 4.97. The number of piperidine rings is 1. The molecule has 180 valence electrons. The number of likely N-dealkylation sites (tertiary alicyclic amines) is 1. The van der Waals surface area contributed by atoms with Crippen molar-refractivity contribution in [2.24, 2.45) is 11.8 Å². The second-order valence-electron chi connectivity index (χ2n) is 8.73. The lowest BCUT2D eigenvalue weighted by Crippen LogP contribution is -2.50. The van der Waals surface area contributed by atoms with Gasteiger partial charge >= 0.3 is 5.97 Å². The van der Waals surface area contributed by atoms with Crippen molar-refractivity contribution in [2.45, 2.75) is 39.3 Å². The van der Waals surface area contributed by atoms with Gasteiger partial charge in [-0.1, -0.05) is 12.1 Å². The van der Waals surface area contributed by atoms with Crippen molar-refractivity contribution in [2.75, 3.05) is 19.7 Å². The maximum absolute atomic E-state index is 14.2. The maximum Gasteiger partial charge on any atom is 0.309 e. The molecule has 2 aromatic rings. The van der Waals surface area contributed by atoms with E-state index >= 15 is 0 Å². The molecule has 1 amide bonds. The lowest BCUT2D eigenvalue weighted by Gasteiger charge is -2.42. The van der Waals surface area contributed by atoms with Gasteiger partial charge < -0.3 is 14.1 Å². The van der Waals surface area contributed by atoms with Crippen LogP contribution in [0.3, 0.4) is 0 Å². The smallest absolute Gasteiger partial charge is 0.309 e. The first-order valence-electron chi connectivity index (χ1n) is 11.6. The van der Waals surface area contributed by atoms with Crippen molar-refractivity contribution < 1.29 is 27.9 Å². The van der Waals surface area contributed by atoms with Gasteiger partial charge in [-0.05, 0) is 69.6 Å². The van der Waals surface area contributed by atoms with E-state index in [0.717, 1.165) is 0 Å². The number of carbonyl (C=O) groups excluding carboxylic acids is 3. The predicted molar refractivity (Wildman–Crippen MR) is 122 cm³/mol. The molecule has 1 saturated heterocycles. The fourth-order valence-corrected chi connectivity index (χ4v) is 4.87. The van der Waals surface area contributed by atoms with E-state index in [1.54, 1.807) is 43.0 Å². The zero-order chi connectivity index (χ0) is 24.2. The van der Waals surface area contributed by atoms with Crippen LogP contribution in [-0.2, 0) is 25.7 Å². The molecule has 0 spiro atoms. The Kier molecular flexibility index (Phi) is 7.26. The molecule has 2 aliphatic rings. The van der Waals surface area contributed by atoms with Crippen LogP contribution in [0.1, 0.15) is 44.1 Å². The van der Waals surface area contributed by atoms with E-state index in [9.17, 15) is 18.8 Å². The number of furan rings is 1. The van der Waals surface area contributed by atoms with Gasteiger partial charge in [-0.25, -0.2) is 4.39 Å². The number of allylic oxidation sites excluding steroid dienone is 2. The number of halogens is 1. The highest BCUT2D eigenvalue weighted by Crippen LogP contribution is 2.37. The number of rotatable bonds is 7. The number of ketones is 1. The summed E-state index contributed by atoms with van der Waals surface area (Å²) in [6.07, 6.45) is 4.11. The Bertz CT molecular complexity index is 1070. The highest BCUT2D eigenvalue weighted by molar-refractivity contribution is 6.10. The first kappa shape index (κ1) is 23.9. The van der Waals surface area contributed by atoms with Crippen molar-refractivity contribution in [3.05, 3.63) is 71.6 Å². The number of carbonyl (C=O) groups is 3. The van der Waals surface area contributed by atoms with Crippen LogP contribution in [0, 0.1) is 17.7 Å². The Hall–Kier alpha value is -3.26. The molecule has 7 nitrogen and oxygen atoms in total. The summed E-state index contributed by atoms with van der Waals surface area (Å²) in [5, 5.41) is 0. The highest BCUT2D eigenvalue weighted by Gasteiger charge is 2.44. The second-order valence-corrected chi connectivity index (χ2v) is 8.73. The van der Waals surface area contributed by atoms with E-state index < -0.39 is 17.8 Å². The molecule has 2 atom stereocenters. The molecule has 0 radical (unpaired) electrons. The fourth-order valence-electron chi connectivity index (χ4n) is 4.87. The summed E-state index contributed by atoms with van der Waals surface area (Å²) in [6.45, 7) is 5.01. The number of nitrogens with zero attached hydrogens (tertiary/aromatic N) is 2. The molecule has 2 aliphatic heterocycles. The number of benzene rings is 1. The summed E-state index contributed by atoms with van der Waals surface area (Å²) in [7, 11) is 0. The largest absolute Gasteiger partial charge is 0.467 e. The molecule has 4 rings (SSSR count). The van der Waals surface area contributed by atoms with Crippen molar-refractivity contribution in [3.63, 3.8) is 0 Å². The standard InChI is InChI=1S/C26H29FN2O5/c1-3-33-26(32)18-9-11-28(12-10-18)24(19-6-4-7-20(27)15-19)23-22(30)14-17(2)29(25(23)31)16-21-8-5-13-34-21/h4-8,13-15,18,23-24H,3,9-12,16H2,1-2H3. The van der Waals surface area contributed by atoms with Crippen molar-refractivity contribution in [1.29, 1.82) is 0 Å². The Morgan fingerprint density at radius 1 is 1.21 bits per heavy atom. The summed E-state index contributed by atoms with van der Waals surface area (Å²) in [5.41, 5.74) is 1.11. The molecule has 1 aromatic carbocycles. The SMILES string of the molecule is CCOC(=O)C1CCN(C(c2cccc(F)c2)C2C(=O)C=C(C)N(Cc3ccco3)C2=O)CC1. The average molecular weight is 469 g/mol. The van der Waals surface area contributed by atoms with E-state index in [4.69, 9.17) is 9.15 Å². The van der Waals surface area contributed by atoms with E-state index in [1.165, 1.54) is 24.5 Å². The van der Waals surface area contributed by atoms with E-state index in [2.05, 4.69) is 0 Å². The van der Waals surface area contributed by atoms with Crippen molar-refractivity contribution in [1.82, 2.24) is 9.80 Å². The normalized spacial score (nSPS) is 20.9. The van der Waals surface area contributed by atoms with Crippen molar-refractivity contribution >= 4 is 17.7 Å². The predicted octanol–water partition coefficient (Wildman–Crippen LogP) is 3.87. The number of esters is 1. The summed E-state index contributed by atoms with van der Waals surface area (Å²) in [6, 6.07) is 8.92. The third-order valence-electron chi connectivity index (χ3n) is 6.56. The van der Waals surface area contributed by atoms with Crippen LogP contribution in [-0.4, -0.2) is 47.2 Å².